The fraction of sp³-hybridized carbons (Fsp3) is 0.290. The van der Waals surface area contributed by atoms with Crippen molar-refractivity contribution < 1.29 is 22.3 Å². The molecule has 1 nitrogen and oxygen atoms in total. The summed E-state index contributed by atoms with van der Waals surface area (Å²) in [4.78, 5) is 0. The van der Waals surface area contributed by atoms with Crippen molar-refractivity contribution in [2.45, 2.75) is 45.4 Å². The van der Waals surface area contributed by atoms with Crippen LogP contribution in [-0.4, -0.2) is 6.61 Å². The topological polar surface area (TPSA) is 9.23 Å². The van der Waals surface area contributed by atoms with Crippen molar-refractivity contribution in [2.24, 2.45) is 5.92 Å². The molecule has 3 aromatic rings. The molecule has 0 amide bonds. The highest BCUT2D eigenvalue weighted by atomic mass is 19.2. The van der Waals surface area contributed by atoms with E-state index in [1.54, 1.807) is 49.4 Å². The highest BCUT2D eigenvalue weighted by Crippen LogP contribution is 2.39. The molecule has 0 saturated heterocycles. The average molecular weight is 495 g/mol. The molecule has 0 N–H and O–H groups in total. The summed E-state index contributed by atoms with van der Waals surface area (Å²) in [6, 6.07) is 13.0. The summed E-state index contributed by atoms with van der Waals surface area (Å²) in [5, 5.41) is 0. The molecule has 0 spiro atoms. The molecule has 0 aromatic heterocycles. The quantitative estimate of drug-likeness (QED) is 0.181. The molecule has 1 fully saturated rings. The van der Waals surface area contributed by atoms with Gasteiger partial charge in [-0.2, -0.15) is 4.39 Å². The van der Waals surface area contributed by atoms with Crippen LogP contribution < -0.4 is 4.74 Å². The van der Waals surface area contributed by atoms with E-state index in [1.807, 2.05) is 6.92 Å². The van der Waals surface area contributed by atoms with Gasteiger partial charge in [0.05, 0.1) is 6.61 Å². The minimum Gasteiger partial charge on any atom is -0.491 e. The fourth-order valence-electron chi connectivity index (χ4n) is 4.90. The summed E-state index contributed by atoms with van der Waals surface area (Å²) in [6.45, 7) is 3.94. The van der Waals surface area contributed by atoms with Gasteiger partial charge in [-0.3, -0.25) is 0 Å². The van der Waals surface area contributed by atoms with Crippen LogP contribution in [0.4, 0.5) is 17.6 Å². The van der Waals surface area contributed by atoms with E-state index in [2.05, 4.69) is 12.2 Å². The standard InChI is InChI=1S/C31H30F4O/c1-3-5-20-6-11-22(12-7-20)25-17-18-26(30(34)29(25)33)23-13-8-21(9-14-23)10-15-24-16-19-27(36-4-2)31(35)28(24)32/h3,5,8-10,13-20,22H,4,6-7,11-12H2,1-2H3/b5-3+,15-10+. The lowest BCUT2D eigenvalue weighted by Crippen LogP contribution is -2.13. The zero-order valence-corrected chi connectivity index (χ0v) is 20.5. The highest BCUT2D eigenvalue weighted by molar-refractivity contribution is 5.73. The van der Waals surface area contributed by atoms with E-state index in [0.717, 1.165) is 25.7 Å². The van der Waals surface area contributed by atoms with Crippen LogP contribution in [0.3, 0.4) is 0 Å². The van der Waals surface area contributed by atoms with Crippen molar-refractivity contribution >= 4 is 12.2 Å². The summed E-state index contributed by atoms with van der Waals surface area (Å²) in [7, 11) is 0. The number of rotatable bonds is 7. The van der Waals surface area contributed by atoms with Crippen LogP contribution in [0.15, 0.2) is 60.7 Å². The Morgan fingerprint density at radius 3 is 2.17 bits per heavy atom. The Morgan fingerprint density at radius 2 is 1.50 bits per heavy atom. The van der Waals surface area contributed by atoms with Gasteiger partial charge in [0.25, 0.3) is 0 Å². The second kappa shape index (κ2) is 11.6. The van der Waals surface area contributed by atoms with Gasteiger partial charge < -0.3 is 4.74 Å². The molecule has 36 heavy (non-hydrogen) atoms. The third-order valence-electron chi connectivity index (χ3n) is 6.84. The van der Waals surface area contributed by atoms with Crippen molar-refractivity contribution in [2.75, 3.05) is 6.61 Å². The first-order chi connectivity index (χ1) is 17.4. The molecule has 0 heterocycles. The van der Waals surface area contributed by atoms with Crippen molar-refractivity contribution in [3.05, 3.63) is 101 Å². The zero-order valence-electron chi connectivity index (χ0n) is 20.5. The smallest absolute Gasteiger partial charge is 0.201 e. The Kier molecular flexibility index (Phi) is 8.29. The molecule has 0 aliphatic heterocycles. The van der Waals surface area contributed by atoms with Crippen LogP contribution in [0.1, 0.15) is 62.1 Å². The second-order valence-corrected chi connectivity index (χ2v) is 9.14. The van der Waals surface area contributed by atoms with Gasteiger partial charge in [-0.1, -0.05) is 60.7 Å². The van der Waals surface area contributed by atoms with E-state index >= 15 is 8.78 Å². The van der Waals surface area contributed by atoms with Gasteiger partial charge in [-0.05, 0) is 80.2 Å². The Balaban J connectivity index is 1.49. The number of allylic oxidation sites excluding steroid dienone is 2. The third-order valence-corrected chi connectivity index (χ3v) is 6.84. The van der Waals surface area contributed by atoms with Crippen molar-refractivity contribution in [3.8, 4) is 16.9 Å². The molecule has 0 radical (unpaired) electrons. The minimum atomic E-state index is -1.03. The molecule has 188 valence electrons. The van der Waals surface area contributed by atoms with Crippen molar-refractivity contribution in [3.63, 3.8) is 0 Å². The normalized spacial score (nSPS) is 18.3. The van der Waals surface area contributed by atoms with Crippen LogP contribution in [0.5, 0.6) is 5.75 Å². The summed E-state index contributed by atoms with van der Waals surface area (Å²) in [5.41, 5.74) is 2.00. The molecule has 0 unspecified atom stereocenters. The first-order valence-electron chi connectivity index (χ1n) is 12.4. The molecule has 0 atom stereocenters. The molecule has 1 aliphatic rings. The molecular weight excluding hydrogens is 464 g/mol. The monoisotopic (exact) mass is 494 g/mol. The number of hydrogen-bond acceptors (Lipinski definition) is 1. The first-order valence-corrected chi connectivity index (χ1v) is 12.4. The molecular formula is C31H30F4O. The second-order valence-electron chi connectivity index (χ2n) is 9.14. The van der Waals surface area contributed by atoms with Crippen LogP contribution >= 0.6 is 0 Å². The Bertz CT molecular complexity index is 1250. The Morgan fingerprint density at radius 1 is 0.778 bits per heavy atom. The SMILES string of the molecule is C/C=C/C1CCC(c2ccc(-c3ccc(/C=C/c4ccc(OCC)c(F)c4F)cc3)c(F)c2F)CC1. The maximum atomic E-state index is 15.1. The maximum Gasteiger partial charge on any atom is 0.201 e. The van der Waals surface area contributed by atoms with E-state index in [9.17, 15) is 8.78 Å². The molecule has 1 saturated carbocycles. The third kappa shape index (κ3) is 5.56. The van der Waals surface area contributed by atoms with Crippen molar-refractivity contribution in [1.82, 2.24) is 0 Å². The number of halogens is 4. The summed E-state index contributed by atoms with van der Waals surface area (Å²) in [6.07, 6.45) is 11.0. The van der Waals surface area contributed by atoms with Crippen LogP contribution in [-0.2, 0) is 0 Å². The predicted octanol–water partition coefficient (Wildman–Crippen LogP) is 9.33. The fourth-order valence-corrected chi connectivity index (χ4v) is 4.90. The lowest BCUT2D eigenvalue weighted by atomic mass is 9.78. The van der Waals surface area contributed by atoms with Crippen molar-refractivity contribution in [1.29, 1.82) is 0 Å². The highest BCUT2D eigenvalue weighted by Gasteiger charge is 2.25. The van der Waals surface area contributed by atoms with Crippen LogP contribution in [0, 0.1) is 29.2 Å². The number of hydrogen-bond donors (Lipinski definition) is 0. The van der Waals surface area contributed by atoms with Gasteiger partial charge in [0.1, 0.15) is 0 Å². The summed E-state index contributed by atoms with van der Waals surface area (Å²) in [5.74, 6) is -3.18. The lowest BCUT2D eigenvalue weighted by Gasteiger charge is -2.27. The molecule has 5 heteroatoms. The lowest BCUT2D eigenvalue weighted by molar-refractivity contribution is 0.314. The molecule has 3 aromatic carbocycles. The first kappa shape index (κ1) is 25.7. The van der Waals surface area contributed by atoms with E-state index < -0.39 is 23.3 Å². The van der Waals surface area contributed by atoms with Gasteiger partial charge in [0, 0.05) is 11.1 Å². The van der Waals surface area contributed by atoms with Gasteiger partial charge >= 0.3 is 0 Å². The van der Waals surface area contributed by atoms with Gasteiger partial charge in [-0.15, -0.1) is 0 Å². The van der Waals surface area contributed by atoms with Crippen LogP contribution in [0.2, 0.25) is 0 Å². The predicted molar refractivity (Wildman–Crippen MR) is 138 cm³/mol. The van der Waals surface area contributed by atoms with E-state index in [1.165, 1.54) is 18.2 Å². The molecule has 4 rings (SSSR count). The number of ether oxygens (including phenoxy) is 1. The number of benzene rings is 3. The van der Waals surface area contributed by atoms with Gasteiger partial charge in [0.2, 0.25) is 5.82 Å². The van der Waals surface area contributed by atoms with Gasteiger partial charge in [-0.25, -0.2) is 13.2 Å². The minimum absolute atomic E-state index is 0.0374. The zero-order chi connectivity index (χ0) is 25.7. The van der Waals surface area contributed by atoms with Gasteiger partial charge in [0.15, 0.2) is 23.2 Å². The van der Waals surface area contributed by atoms with Crippen LogP contribution in [0.25, 0.3) is 23.3 Å². The van der Waals surface area contributed by atoms with E-state index in [-0.39, 0.29) is 29.4 Å². The largest absolute Gasteiger partial charge is 0.491 e. The summed E-state index contributed by atoms with van der Waals surface area (Å²) < 4.78 is 63.5. The van der Waals surface area contributed by atoms with E-state index in [4.69, 9.17) is 4.74 Å². The maximum absolute atomic E-state index is 15.1. The van der Waals surface area contributed by atoms with E-state index in [0.29, 0.717) is 22.6 Å². The molecule has 0 bridgehead atoms. The average Bonchev–Trinajstić information content (AvgIpc) is 2.89. The summed E-state index contributed by atoms with van der Waals surface area (Å²) >= 11 is 0. The Hall–Kier alpha value is -3.34. The Labute approximate surface area is 210 Å². The molecule has 1 aliphatic carbocycles.